The smallest absolute Gasteiger partial charge is 0.543 e. The maximum Gasteiger partial charge on any atom is 1.00 e. The Bertz CT molecular complexity index is 838. The molecule has 1 aliphatic rings. The second-order valence-electron chi connectivity index (χ2n) is 5.16. The van der Waals surface area contributed by atoms with E-state index in [2.05, 4.69) is 20.4 Å². The number of aromatic carboxylic acids is 1. The Labute approximate surface area is 137 Å². The molecule has 0 bridgehead atoms. The standard InChI is InChI=1S/C13H12N6O2.Li/c20-13(21)11-7-18(17-15-11)5-9-6-19-12(14-9)4-3-10(16-19)8-1-2-8;/h3-4,6-8H,1-2,5H2,(H,20,21);/q;+1/p-1. The van der Waals surface area contributed by atoms with E-state index in [4.69, 9.17) is 0 Å². The summed E-state index contributed by atoms with van der Waals surface area (Å²) >= 11 is 0. The van der Waals surface area contributed by atoms with E-state index < -0.39 is 5.97 Å². The first-order valence-corrected chi connectivity index (χ1v) is 6.66. The molecular weight excluding hydrogens is 279 g/mol. The molecule has 4 rings (SSSR count). The second-order valence-corrected chi connectivity index (χ2v) is 5.16. The second kappa shape index (κ2) is 5.55. The van der Waals surface area contributed by atoms with E-state index in [1.54, 1.807) is 4.52 Å². The van der Waals surface area contributed by atoms with Crippen LogP contribution in [-0.2, 0) is 6.54 Å². The first-order valence-electron chi connectivity index (χ1n) is 6.66. The number of carbonyl (C=O) groups excluding carboxylic acids is 1. The van der Waals surface area contributed by atoms with Crippen LogP contribution in [0, 0.1) is 0 Å². The third kappa shape index (κ3) is 2.75. The van der Waals surface area contributed by atoms with Crippen molar-refractivity contribution in [3.05, 3.63) is 41.6 Å². The molecule has 9 heteroatoms. The molecule has 0 aromatic carbocycles. The van der Waals surface area contributed by atoms with Gasteiger partial charge < -0.3 is 9.90 Å². The Balaban J connectivity index is 0.00000144. The molecule has 0 aliphatic heterocycles. The summed E-state index contributed by atoms with van der Waals surface area (Å²) in [5, 5.41) is 22.4. The summed E-state index contributed by atoms with van der Waals surface area (Å²) in [7, 11) is 0. The summed E-state index contributed by atoms with van der Waals surface area (Å²) in [6.07, 6.45) is 5.54. The fourth-order valence-corrected chi connectivity index (χ4v) is 2.25. The van der Waals surface area contributed by atoms with Crippen molar-refractivity contribution in [1.82, 2.24) is 29.6 Å². The van der Waals surface area contributed by atoms with Crippen LogP contribution in [-0.4, -0.2) is 35.6 Å². The monoisotopic (exact) mass is 290 g/mol. The molecule has 3 heterocycles. The predicted molar refractivity (Wildman–Crippen MR) is 68.4 cm³/mol. The van der Waals surface area contributed by atoms with Gasteiger partial charge in [-0.2, -0.15) is 5.10 Å². The Morgan fingerprint density at radius 3 is 2.82 bits per heavy atom. The number of rotatable bonds is 4. The summed E-state index contributed by atoms with van der Waals surface area (Å²) in [4.78, 5) is 15.1. The van der Waals surface area contributed by atoms with Crippen molar-refractivity contribution in [2.75, 3.05) is 0 Å². The van der Waals surface area contributed by atoms with Crippen molar-refractivity contribution >= 4 is 11.6 Å². The van der Waals surface area contributed by atoms with E-state index in [1.807, 2.05) is 18.3 Å². The van der Waals surface area contributed by atoms with Gasteiger partial charge in [-0.3, -0.25) is 0 Å². The molecular formula is C13H11LiN6O2. The van der Waals surface area contributed by atoms with Crippen LogP contribution in [0.4, 0.5) is 0 Å². The quantitative estimate of drug-likeness (QED) is 0.465. The zero-order chi connectivity index (χ0) is 14.4. The first-order chi connectivity index (χ1) is 10.2. The van der Waals surface area contributed by atoms with Gasteiger partial charge in [-0.25, -0.2) is 14.2 Å². The van der Waals surface area contributed by atoms with Gasteiger partial charge in [0.2, 0.25) is 0 Å². The van der Waals surface area contributed by atoms with Crippen LogP contribution in [0.25, 0.3) is 5.65 Å². The molecule has 0 unspecified atom stereocenters. The van der Waals surface area contributed by atoms with Gasteiger partial charge in [0.1, 0.15) is 5.69 Å². The van der Waals surface area contributed by atoms with E-state index in [0.717, 1.165) is 17.0 Å². The number of aromatic nitrogens is 6. The molecule has 22 heavy (non-hydrogen) atoms. The van der Waals surface area contributed by atoms with Gasteiger partial charge in [0, 0.05) is 5.92 Å². The van der Waals surface area contributed by atoms with Gasteiger partial charge in [0.25, 0.3) is 0 Å². The zero-order valence-electron chi connectivity index (χ0n) is 12.0. The molecule has 3 aromatic heterocycles. The third-order valence-corrected chi connectivity index (χ3v) is 3.46. The molecule has 0 spiro atoms. The Morgan fingerprint density at radius 2 is 2.14 bits per heavy atom. The SMILES string of the molecule is O=C([O-])c1cn(Cc2cn3nc(C4CC4)ccc3n2)nn1.[Li+]. The molecule has 1 aliphatic carbocycles. The number of carboxylic acid groups (broad SMARTS) is 1. The number of hydrogen-bond donors (Lipinski definition) is 0. The van der Waals surface area contributed by atoms with Gasteiger partial charge >= 0.3 is 18.9 Å². The average Bonchev–Trinajstić information content (AvgIpc) is 3.07. The van der Waals surface area contributed by atoms with E-state index >= 15 is 0 Å². The van der Waals surface area contributed by atoms with Crippen molar-refractivity contribution in [3.8, 4) is 0 Å². The van der Waals surface area contributed by atoms with Crippen molar-refractivity contribution in [2.45, 2.75) is 25.3 Å². The van der Waals surface area contributed by atoms with E-state index in [0.29, 0.717) is 12.5 Å². The summed E-state index contributed by atoms with van der Waals surface area (Å²) in [5.74, 6) is -0.756. The zero-order valence-corrected chi connectivity index (χ0v) is 12.0. The van der Waals surface area contributed by atoms with Crippen molar-refractivity contribution < 1.29 is 28.8 Å². The van der Waals surface area contributed by atoms with Gasteiger partial charge in [0.15, 0.2) is 5.65 Å². The normalized spacial score (nSPS) is 14.0. The maximum absolute atomic E-state index is 10.7. The minimum atomic E-state index is -1.34. The molecule has 0 radical (unpaired) electrons. The van der Waals surface area contributed by atoms with Gasteiger partial charge in [0.05, 0.1) is 36.3 Å². The molecule has 106 valence electrons. The summed E-state index contributed by atoms with van der Waals surface area (Å²) in [6.45, 7) is 0.336. The summed E-state index contributed by atoms with van der Waals surface area (Å²) in [5.41, 5.74) is 2.40. The van der Waals surface area contributed by atoms with Crippen LogP contribution in [0.5, 0.6) is 0 Å². The fourth-order valence-electron chi connectivity index (χ4n) is 2.25. The molecule has 1 fully saturated rings. The number of fused-ring (bicyclic) bond motifs is 1. The Morgan fingerprint density at radius 1 is 1.32 bits per heavy atom. The number of nitrogens with zero attached hydrogens (tertiary/aromatic N) is 6. The predicted octanol–water partition coefficient (Wildman–Crippen LogP) is -3.39. The summed E-state index contributed by atoms with van der Waals surface area (Å²) < 4.78 is 3.16. The van der Waals surface area contributed by atoms with Crippen LogP contribution >= 0.6 is 0 Å². The van der Waals surface area contributed by atoms with Gasteiger partial charge in [-0.1, -0.05) is 5.21 Å². The molecule has 0 saturated heterocycles. The Kier molecular flexibility index (Phi) is 3.72. The van der Waals surface area contributed by atoms with E-state index in [1.165, 1.54) is 23.7 Å². The first kappa shape index (κ1) is 14.8. The van der Waals surface area contributed by atoms with Crippen molar-refractivity contribution in [2.24, 2.45) is 0 Å². The molecule has 8 nitrogen and oxygen atoms in total. The number of imidazole rings is 1. The number of carbonyl (C=O) groups is 1. The molecule has 0 amide bonds. The van der Waals surface area contributed by atoms with Crippen LogP contribution in [0.1, 0.15) is 40.6 Å². The summed E-state index contributed by atoms with van der Waals surface area (Å²) in [6, 6.07) is 3.95. The van der Waals surface area contributed by atoms with Gasteiger partial charge in [-0.05, 0) is 25.0 Å². The number of hydrogen-bond acceptors (Lipinski definition) is 6. The molecule has 3 aromatic rings. The van der Waals surface area contributed by atoms with Crippen LogP contribution in [0.15, 0.2) is 24.5 Å². The molecule has 1 saturated carbocycles. The topological polar surface area (TPSA) is 101 Å². The van der Waals surface area contributed by atoms with Crippen molar-refractivity contribution in [1.29, 1.82) is 0 Å². The van der Waals surface area contributed by atoms with Crippen molar-refractivity contribution in [3.63, 3.8) is 0 Å². The Hall–Kier alpha value is -2.17. The van der Waals surface area contributed by atoms with Crippen LogP contribution in [0.3, 0.4) is 0 Å². The molecule has 0 atom stereocenters. The fraction of sp³-hybridized carbons (Fsp3) is 0.308. The molecule has 0 N–H and O–H groups in total. The van der Waals surface area contributed by atoms with Gasteiger partial charge in [-0.15, -0.1) is 5.10 Å². The van der Waals surface area contributed by atoms with Crippen LogP contribution in [0.2, 0.25) is 0 Å². The largest absolute Gasteiger partial charge is 1.00 e. The minimum absolute atomic E-state index is 0. The third-order valence-electron chi connectivity index (χ3n) is 3.46. The maximum atomic E-state index is 10.7. The van der Waals surface area contributed by atoms with Crippen LogP contribution < -0.4 is 24.0 Å². The minimum Gasteiger partial charge on any atom is -0.543 e. The number of carboxylic acids is 1. The van der Waals surface area contributed by atoms with E-state index in [9.17, 15) is 9.90 Å². The average molecular weight is 290 g/mol. The van der Waals surface area contributed by atoms with E-state index in [-0.39, 0.29) is 24.6 Å².